The summed E-state index contributed by atoms with van der Waals surface area (Å²) >= 11 is 6.10. The molecule has 78 valence electrons. The van der Waals surface area contributed by atoms with Gasteiger partial charge in [-0.3, -0.25) is 0 Å². The van der Waals surface area contributed by atoms with Crippen molar-refractivity contribution < 1.29 is 9.90 Å². The molecule has 0 fully saturated rings. The number of aryl methyl sites for hydroxylation is 1. The van der Waals surface area contributed by atoms with E-state index in [2.05, 4.69) is 0 Å². The molecule has 0 heterocycles. The van der Waals surface area contributed by atoms with Crippen LogP contribution in [0.4, 0.5) is 0 Å². The van der Waals surface area contributed by atoms with E-state index in [1.807, 2.05) is 19.1 Å². The van der Waals surface area contributed by atoms with Crippen LogP contribution in [0.2, 0.25) is 5.02 Å². The van der Waals surface area contributed by atoms with Gasteiger partial charge in [-0.25, -0.2) is 4.79 Å². The normalized spacial score (nSPS) is 16.8. The molecule has 0 amide bonds. The van der Waals surface area contributed by atoms with Crippen molar-refractivity contribution in [3.8, 4) is 0 Å². The monoisotopic (exact) mass is 222 g/mol. The number of carboxylic acids is 1. The smallest absolute Gasteiger partial charge is 0.328 e. The van der Waals surface area contributed by atoms with Crippen molar-refractivity contribution >= 4 is 23.1 Å². The minimum absolute atomic E-state index is 0.749. The van der Waals surface area contributed by atoms with Gasteiger partial charge in [0.1, 0.15) is 0 Å². The Bertz CT molecular complexity index is 461. The highest BCUT2D eigenvalue weighted by Gasteiger charge is 2.19. The number of aliphatic carboxylic acids is 1. The zero-order valence-corrected chi connectivity index (χ0v) is 9.14. The van der Waals surface area contributed by atoms with Gasteiger partial charge >= 0.3 is 5.97 Å². The number of benzene rings is 1. The van der Waals surface area contributed by atoms with E-state index in [9.17, 15) is 4.79 Å². The molecule has 1 aromatic rings. The standard InChI is InChI=1S/C12H11ClO2/c1-7-4-10-8(6-12(14)15)2-3-9(10)11(13)5-7/h4-6H,2-3H2,1H3,(H,14,15). The van der Waals surface area contributed by atoms with E-state index in [0.717, 1.165) is 40.1 Å². The van der Waals surface area contributed by atoms with Crippen LogP contribution in [0.25, 0.3) is 5.57 Å². The summed E-state index contributed by atoms with van der Waals surface area (Å²) < 4.78 is 0. The Morgan fingerprint density at radius 1 is 1.47 bits per heavy atom. The Balaban J connectivity index is 2.55. The lowest BCUT2D eigenvalue weighted by Crippen LogP contribution is -1.90. The molecular formula is C12H11ClO2. The first-order valence-electron chi connectivity index (χ1n) is 4.81. The fourth-order valence-corrected chi connectivity index (χ4v) is 2.37. The van der Waals surface area contributed by atoms with Crippen LogP contribution in [0.3, 0.4) is 0 Å². The van der Waals surface area contributed by atoms with Crippen LogP contribution in [0, 0.1) is 6.92 Å². The fourth-order valence-electron chi connectivity index (χ4n) is 2.01. The molecule has 0 spiro atoms. The SMILES string of the molecule is Cc1cc(Cl)c2c(c1)C(=CC(=O)O)CC2. The van der Waals surface area contributed by atoms with Crippen LogP contribution in [0.1, 0.15) is 23.1 Å². The Kier molecular flexibility index (Phi) is 2.53. The Morgan fingerprint density at radius 3 is 2.87 bits per heavy atom. The zero-order chi connectivity index (χ0) is 11.0. The summed E-state index contributed by atoms with van der Waals surface area (Å²) in [6.07, 6.45) is 2.89. The number of hydrogen-bond donors (Lipinski definition) is 1. The third-order valence-electron chi connectivity index (χ3n) is 2.63. The van der Waals surface area contributed by atoms with E-state index < -0.39 is 5.97 Å². The van der Waals surface area contributed by atoms with E-state index in [4.69, 9.17) is 16.7 Å². The van der Waals surface area contributed by atoms with E-state index in [1.165, 1.54) is 6.08 Å². The summed E-state index contributed by atoms with van der Waals surface area (Å²) in [6, 6.07) is 3.92. The summed E-state index contributed by atoms with van der Waals surface area (Å²) in [5, 5.41) is 9.48. The molecule has 1 aliphatic rings. The van der Waals surface area contributed by atoms with Gasteiger partial charge in [0.15, 0.2) is 0 Å². The van der Waals surface area contributed by atoms with Gasteiger partial charge in [0.25, 0.3) is 0 Å². The minimum atomic E-state index is -0.893. The number of fused-ring (bicyclic) bond motifs is 1. The van der Waals surface area contributed by atoms with Crippen LogP contribution in [-0.4, -0.2) is 11.1 Å². The molecule has 0 aromatic heterocycles. The quantitative estimate of drug-likeness (QED) is 0.742. The van der Waals surface area contributed by atoms with Crippen LogP contribution >= 0.6 is 11.6 Å². The molecule has 0 aliphatic heterocycles. The van der Waals surface area contributed by atoms with Crippen molar-refractivity contribution in [3.05, 3.63) is 39.9 Å². The predicted octanol–water partition coefficient (Wildman–Crippen LogP) is 3.06. The van der Waals surface area contributed by atoms with E-state index in [0.29, 0.717) is 0 Å². The van der Waals surface area contributed by atoms with Gasteiger partial charge < -0.3 is 5.11 Å². The fraction of sp³-hybridized carbons (Fsp3) is 0.250. The molecule has 0 bridgehead atoms. The van der Waals surface area contributed by atoms with E-state index in [1.54, 1.807) is 0 Å². The zero-order valence-electron chi connectivity index (χ0n) is 8.38. The second-order valence-corrected chi connectivity index (χ2v) is 4.19. The number of hydrogen-bond acceptors (Lipinski definition) is 1. The van der Waals surface area contributed by atoms with E-state index >= 15 is 0 Å². The number of rotatable bonds is 1. The average Bonchev–Trinajstić information content (AvgIpc) is 2.48. The van der Waals surface area contributed by atoms with Crippen molar-refractivity contribution in [2.75, 3.05) is 0 Å². The molecule has 1 aromatic carbocycles. The molecule has 3 heteroatoms. The third kappa shape index (κ3) is 1.90. The average molecular weight is 223 g/mol. The maximum Gasteiger partial charge on any atom is 0.328 e. The Labute approximate surface area is 93.2 Å². The second kappa shape index (κ2) is 3.70. The topological polar surface area (TPSA) is 37.3 Å². The van der Waals surface area contributed by atoms with Gasteiger partial charge in [0.2, 0.25) is 0 Å². The van der Waals surface area contributed by atoms with Gasteiger partial charge in [0.05, 0.1) is 0 Å². The lowest BCUT2D eigenvalue weighted by Gasteiger charge is -2.04. The lowest BCUT2D eigenvalue weighted by molar-refractivity contribution is -0.131. The first-order valence-corrected chi connectivity index (χ1v) is 5.18. The van der Waals surface area contributed by atoms with Crippen LogP contribution in [0.15, 0.2) is 18.2 Å². The van der Waals surface area contributed by atoms with Crippen LogP contribution in [-0.2, 0) is 11.2 Å². The molecule has 2 nitrogen and oxygen atoms in total. The number of carboxylic acid groups (broad SMARTS) is 1. The van der Waals surface area contributed by atoms with Gasteiger partial charge in [0, 0.05) is 11.1 Å². The molecule has 1 N–H and O–H groups in total. The maximum absolute atomic E-state index is 10.6. The predicted molar refractivity (Wildman–Crippen MR) is 60.1 cm³/mol. The van der Waals surface area contributed by atoms with Crippen LogP contribution in [0.5, 0.6) is 0 Å². The number of carbonyl (C=O) groups is 1. The van der Waals surface area contributed by atoms with Crippen molar-refractivity contribution in [1.82, 2.24) is 0 Å². The van der Waals surface area contributed by atoms with E-state index in [-0.39, 0.29) is 0 Å². The molecule has 0 radical (unpaired) electrons. The lowest BCUT2D eigenvalue weighted by atomic mass is 10.0. The van der Waals surface area contributed by atoms with Crippen LogP contribution < -0.4 is 0 Å². The molecule has 15 heavy (non-hydrogen) atoms. The molecule has 1 aliphatic carbocycles. The molecular weight excluding hydrogens is 212 g/mol. The molecule has 0 atom stereocenters. The van der Waals surface area contributed by atoms with Gasteiger partial charge in [-0.2, -0.15) is 0 Å². The maximum atomic E-state index is 10.6. The largest absolute Gasteiger partial charge is 0.478 e. The van der Waals surface area contributed by atoms with Crippen molar-refractivity contribution in [1.29, 1.82) is 0 Å². The molecule has 0 saturated heterocycles. The summed E-state index contributed by atoms with van der Waals surface area (Å²) in [5.74, 6) is -0.893. The second-order valence-electron chi connectivity index (χ2n) is 3.78. The van der Waals surface area contributed by atoms with Gasteiger partial charge in [-0.15, -0.1) is 0 Å². The van der Waals surface area contributed by atoms with Crippen molar-refractivity contribution in [2.45, 2.75) is 19.8 Å². The summed E-state index contributed by atoms with van der Waals surface area (Å²) in [5.41, 5.74) is 4.03. The van der Waals surface area contributed by atoms with Gasteiger partial charge in [-0.1, -0.05) is 17.7 Å². The Morgan fingerprint density at radius 2 is 2.20 bits per heavy atom. The van der Waals surface area contributed by atoms with Crippen molar-refractivity contribution in [2.24, 2.45) is 0 Å². The summed E-state index contributed by atoms with van der Waals surface area (Å²) in [7, 11) is 0. The molecule has 0 unspecified atom stereocenters. The number of allylic oxidation sites excluding steroid dienone is 1. The Hall–Kier alpha value is -1.28. The summed E-state index contributed by atoms with van der Waals surface area (Å²) in [6.45, 7) is 1.96. The van der Waals surface area contributed by atoms with Crippen molar-refractivity contribution in [3.63, 3.8) is 0 Å². The third-order valence-corrected chi connectivity index (χ3v) is 2.97. The first-order chi connectivity index (χ1) is 7.08. The highest BCUT2D eigenvalue weighted by Crippen LogP contribution is 2.37. The highest BCUT2D eigenvalue weighted by molar-refractivity contribution is 6.31. The minimum Gasteiger partial charge on any atom is -0.478 e. The number of halogens is 1. The molecule has 0 saturated carbocycles. The highest BCUT2D eigenvalue weighted by atomic mass is 35.5. The van der Waals surface area contributed by atoms with Gasteiger partial charge in [-0.05, 0) is 48.1 Å². The molecule has 2 rings (SSSR count). The first kappa shape index (κ1) is 10.2. The summed E-state index contributed by atoms with van der Waals surface area (Å²) in [4.78, 5) is 10.6.